The van der Waals surface area contributed by atoms with Crippen LogP contribution in [-0.4, -0.2) is 21.6 Å². The summed E-state index contributed by atoms with van der Waals surface area (Å²) in [5, 5.41) is 0. The zero-order valence-corrected chi connectivity index (χ0v) is 10.7. The first-order chi connectivity index (χ1) is 7.99. The average molecular weight is 234 g/mol. The van der Waals surface area contributed by atoms with Gasteiger partial charge >= 0.3 is 0 Å². The van der Waals surface area contributed by atoms with Crippen LogP contribution < -0.4 is 10.5 Å². The number of hydrogen-bond acceptors (Lipinski definition) is 4. The minimum absolute atomic E-state index is 0.113. The van der Waals surface area contributed by atoms with Gasteiger partial charge in [0.15, 0.2) is 5.65 Å². The van der Waals surface area contributed by atoms with E-state index in [1.165, 1.54) is 0 Å². The van der Waals surface area contributed by atoms with E-state index in [0.717, 1.165) is 17.6 Å². The zero-order chi connectivity index (χ0) is 12.6. The molecule has 0 amide bonds. The number of nitrogen functional groups attached to an aromatic ring is 1. The second-order valence-electron chi connectivity index (χ2n) is 4.67. The monoisotopic (exact) mass is 234 g/mol. The number of anilines is 1. The molecule has 0 fully saturated rings. The molecule has 17 heavy (non-hydrogen) atoms. The smallest absolute Gasteiger partial charge is 0.215 e. The predicted octanol–water partition coefficient (Wildman–Crippen LogP) is 2.17. The predicted molar refractivity (Wildman–Crippen MR) is 68.1 cm³/mol. The van der Waals surface area contributed by atoms with Gasteiger partial charge in [-0.1, -0.05) is 6.92 Å². The van der Waals surface area contributed by atoms with Crippen LogP contribution in [0.5, 0.6) is 5.88 Å². The van der Waals surface area contributed by atoms with Crippen molar-refractivity contribution in [3.63, 3.8) is 0 Å². The molecule has 92 valence electrons. The molecular weight excluding hydrogens is 216 g/mol. The van der Waals surface area contributed by atoms with Gasteiger partial charge in [-0.05, 0) is 26.3 Å². The fraction of sp³-hybridized carbons (Fsp3) is 0.500. The number of nitrogens with zero attached hydrogens (tertiary/aromatic N) is 3. The first-order valence-electron chi connectivity index (χ1n) is 5.69. The van der Waals surface area contributed by atoms with E-state index in [2.05, 4.69) is 30.7 Å². The molecule has 5 heteroatoms. The number of nitrogens with two attached hydrogens (primary N) is 1. The minimum atomic E-state index is -0.113. The van der Waals surface area contributed by atoms with Gasteiger partial charge < -0.3 is 10.5 Å². The Labute approximate surface area is 101 Å². The summed E-state index contributed by atoms with van der Waals surface area (Å²) >= 11 is 0. The second-order valence-corrected chi connectivity index (χ2v) is 4.67. The van der Waals surface area contributed by atoms with Gasteiger partial charge in [0, 0.05) is 11.6 Å². The highest BCUT2D eigenvalue weighted by Gasteiger charge is 2.24. The van der Waals surface area contributed by atoms with Crippen molar-refractivity contribution in [3.05, 3.63) is 12.1 Å². The molecule has 2 rings (SSSR count). The zero-order valence-electron chi connectivity index (χ0n) is 10.7. The molecule has 2 heterocycles. The summed E-state index contributed by atoms with van der Waals surface area (Å²) in [5.41, 5.74) is 7.43. The highest BCUT2D eigenvalue weighted by atomic mass is 16.5. The number of ether oxygens (including phenoxy) is 1. The normalized spacial score (nSPS) is 12.0. The van der Waals surface area contributed by atoms with E-state index in [4.69, 9.17) is 10.5 Å². The molecule has 2 aromatic heterocycles. The maximum atomic E-state index is 5.98. The van der Waals surface area contributed by atoms with Crippen LogP contribution in [0.2, 0.25) is 0 Å². The molecule has 2 N–H and O–H groups in total. The molecule has 0 aliphatic carbocycles. The van der Waals surface area contributed by atoms with Gasteiger partial charge in [-0.3, -0.25) is 4.57 Å². The maximum absolute atomic E-state index is 5.98. The van der Waals surface area contributed by atoms with E-state index in [-0.39, 0.29) is 5.54 Å². The second kappa shape index (κ2) is 3.91. The molecule has 2 aromatic rings. The van der Waals surface area contributed by atoms with E-state index in [0.29, 0.717) is 11.8 Å². The average Bonchev–Trinajstić information content (AvgIpc) is 2.64. The molecule has 0 radical (unpaired) electrons. The summed E-state index contributed by atoms with van der Waals surface area (Å²) in [4.78, 5) is 8.75. The third-order valence-electron chi connectivity index (χ3n) is 3.18. The lowest BCUT2D eigenvalue weighted by Crippen LogP contribution is -2.26. The number of imidazole rings is 1. The van der Waals surface area contributed by atoms with Gasteiger partial charge in [0.25, 0.3) is 0 Å². The largest absolute Gasteiger partial charge is 0.481 e. The molecule has 0 spiro atoms. The van der Waals surface area contributed by atoms with E-state index in [9.17, 15) is 0 Å². The molecule has 0 unspecified atom stereocenters. The standard InChI is InChI=1S/C12H18N4O/c1-5-12(2,3)16-10-8(14-11(16)13)6-7-9(15-10)17-4/h6-7H,5H2,1-4H3,(H2,13,14). The van der Waals surface area contributed by atoms with E-state index in [1.54, 1.807) is 13.2 Å². The van der Waals surface area contributed by atoms with Gasteiger partial charge in [0.1, 0.15) is 5.52 Å². The van der Waals surface area contributed by atoms with Crippen molar-refractivity contribution >= 4 is 17.1 Å². The summed E-state index contributed by atoms with van der Waals surface area (Å²) in [6.07, 6.45) is 0.946. The Morgan fingerprint density at radius 1 is 1.35 bits per heavy atom. The van der Waals surface area contributed by atoms with Gasteiger partial charge in [0.2, 0.25) is 11.8 Å². The van der Waals surface area contributed by atoms with E-state index < -0.39 is 0 Å². The van der Waals surface area contributed by atoms with E-state index >= 15 is 0 Å². The lowest BCUT2D eigenvalue weighted by molar-refractivity contribution is 0.353. The SMILES string of the molecule is CCC(C)(C)n1c(N)nc2ccc(OC)nc21. The van der Waals surface area contributed by atoms with Crippen LogP contribution in [0.25, 0.3) is 11.2 Å². The molecule has 0 aromatic carbocycles. The van der Waals surface area contributed by atoms with Crippen LogP contribution >= 0.6 is 0 Å². The lowest BCUT2D eigenvalue weighted by atomic mass is 10.0. The van der Waals surface area contributed by atoms with Crippen molar-refractivity contribution in [2.24, 2.45) is 0 Å². The lowest BCUT2D eigenvalue weighted by Gasteiger charge is -2.26. The van der Waals surface area contributed by atoms with Crippen LogP contribution in [0, 0.1) is 0 Å². The molecule has 0 bridgehead atoms. The first-order valence-corrected chi connectivity index (χ1v) is 5.69. The van der Waals surface area contributed by atoms with Gasteiger partial charge in [-0.15, -0.1) is 0 Å². The van der Waals surface area contributed by atoms with E-state index in [1.807, 2.05) is 10.6 Å². The minimum Gasteiger partial charge on any atom is -0.481 e. The topological polar surface area (TPSA) is 66.0 Å². The van der Waals surface area contributed by atoms with Crippen LogP contribution in [0.1, 0.15) is 27.2 Å². The first kappa shape index (κ1) is 11.7. The van der Waals surface area contributed by atoms with Crippen molar-refractivity contribution in [1.29, 1.82) is 0 Å². The Kier molecular flexibility index (Phi) is 2.69. The van der Waals surface area contributed by atoms with Crippen molar-refractivity contribution in [2.45, 2.75) is 32.7 Å². The van der Waals surface area contributed by atoms with Crippen molar-refractivity contribution < 1.29 is 4.74 Å². The molecule has 0 aliphatic rings. The van der Waals surface area contributed by atoms with Gasteiger partial charge in [-0.2, -0.15) is 4.98 Å². The fourth-order valence-corrected chi connectivity index (χ4v) is 1.83. The molecule has 0 saturated heterocycles. The number of hydrogen-bond donors (Lipinski definition) is 1. The summed E-state index contributed by atoms with van der Waals surface area (Å²) < 4.78 is 7.10. The Morgan fingerprint density at radius 3 is 2.65 bits per heavy atom. The highest BCUT2D eigenvalue weighted by Crippen LogP contribution is 2.29. The number of rotatable bonds is 3. The Bertz CT molecular complexity index is 545. The van der Waals surface area contributed by atoms with Crippen LogP contribution in [-0.2, 0) is 5.54 Å². The Hall–Kier alpha value is -1.78. The molecule has 0 saturated carbocycles. The Balaban J connectivity index is 2.72. The number of fused-ring (bicyclic) bond motifs is 1. The van der Waals surface area contributed by atoms with Crippen LogP contribution in [0.15, 0.2) is 12.1 Å². The molecular formula is C12H18N4O. The molecule has 0 aliphatic heterocycles. The highest BCUT2D eigenvalue weighted by molar-refractivity contribution is 5.75. The molecule has 0 atom stereocenters. The number of aromatic nitrogens is 3. The van der Waals surface area contributed by atoms with Crippen LogP contribution in [0.4, 0.5) is 5.95 Å². The third-order valence-corrected chi connectivity index (χ3v) is 3.18. The molecule has 5 nitrogen and oxygen atoms in total. The van der Waals surface area contributed by atoms with Gasteiger partial charge in [0.05, 0.1) is 7.11 Å². The fourth-order valence-electron chi connectivity index (χ4n) is 1.83. The quantitative estimate of drug-likeness (QED) is 0.883. The maximum Gasteiger partial charge on any atom is 0.215 e. The Morgan fingerprint density at radius 2 is 2.06 bits per heavy atom. The van der Waals surface area contributed by atoms with Gasteiger partial charge in [-0.25, -0.2) is 4.98 Å². The van der Waals surface area contributed by atoms with Crippen molar-refractivity contribution in [2.75, 3.05) is 12.8 Å². The summed E-state index contributed by atoms with van der Waals surface area (Å²) in [6.45, 7) is 6.35. The summed E-state index contributed by atoms with van der Waals surface area (Å²) in [6, 6.07) is 3.66. The van der Waals surface area contributed by atoms with Crippen molar-refractivity contribution in [1.82, 2.24) is 14.5 Å². The van der Waals surface area contributed by atoms with Crippen LogP contribution in [0.3, 0.4) is 0 Å². The summed E-state index contributed by atoms with van der Waals surface area (Å²) in [7, 11) is 1.60. The number of methoxy groups -OCH3 is 1. The third kappa shape index (κ3) is 1.81. The number of pyridine rings is 1. The summed E-state index contributed by atoms with van der Waals surface area (Å²) in [5.74, 6) is 1.07. The van der Waals surface area contributed by atoms with Crippen molar-refractivity contribution in [3.8, 4) is 5.88 Å².